The van der Waals surface area contributed by atoms with Gasteiger partial charge in [0, 0.05) is 19.2 Å². The molecule has 1 aromatic carbocycles. The van der Waals surface area contributed by atoms with Gasteiger partial charge in [-0.15, -0.1) is 0 Å². The predicted molar refractivity (Wildman–Crippen MR) is 60.9 cm³/mol. The molecule has 2 amide bonds. The smallest absolute Gasteiger partial charge is 0.321 e. The summed E-state index contributed by atoms with van der Waals surface area (Å²) in [5.41, 5.74) is 0.117. The van der Waals surface area contributed by atoms with E-state index in [4.69, 9.17) is 0 Å². The number of urea groups is 1. The summed E-state index contributed by atoms with van der Waals surface area (Å²) in [7, 11) is 0. The minimum atomic E-state index is -0.614. The number of carbonyl (C=O) groups is 1. The maximum absolute atomic E-state index is 13.5. The zero-order valence-corrected chi connectivity index (χ0v) is 9.59. The number of nitrogens with one attached hydrogen (secondary N) is 1. The van der Waals surface area contributed by atoms with Crippen molar-refractivity contribution in [3.05, 3.63) is 29.3 Å². The maximum atomic E-state index is 13.5. The molecule has 0 saturated carbocycles. The van der Waals surface area contributed by atoms with Gasteiger partial charge in [-0.25, -0.2) is 13.6 Å². The van der Waals surface area contributed by atoms with E-state index in [1.807, 2.05) is 0 Å². The van der Waals surface area contributed by atoms with E-state index in [1.165, 1.54) is 6.92 Å². The number of likely N-dealkylation sites (tertiary alicyclic amines) is 1. The van der Waals surface area contributed by atoms with Crippen LogP contribution in [0.15, 0.2) is 12.1 Å². The molecule has 5 heteroatoms. The Labute approximate surface area is 98.4 Å². The molecule has 2 rings (SSSR count). The lowest BCUT2D eigenvalue weighted by Crippen LogP contribution is -2.32. The Morgan fingerprint density at radius 1 is 1.24 bits per heavy atom. The van der Waals surface area contributed by atoms with Gasteiger partial charge in [-0.2, -0.15) is 0 Å². The van der Waals surface area contributed by atoms with E-state index in [0.29, 0.717) is 13.1 Å². The number of nitrogens with zero attached hydrogens (tertiary/aromatic N) is 1. The van der Waals surface area contributed by atoms with Crippen LogP contribution in [0.25, 0.3) is 0 Å². The third-order valence-corrected chi connectivity index (χ3v) is 2.88. The molecule has 0 atom stereocenters. The Balaban J connectivity index is 2.12. The van der Waals surface area contributed by atoms with Crippen molar-refractivity contribution in [3.8, 4) is 0 Å². The molecule has 0 aliphatic carbocycles. The lowest BCUT2D eigenvalue weighted by atomic mass is 10.2. The topological polar surface area (TPSA) is 32.3 Å². The van der Waals surface area contributed by atoms with E-state index in [0.717, 1.165) is 25.0 Å². The van der Waals surface area contributed by atoms with Crippen molar-refractivity contribution in [2.75, 3.05) is 18.4 Å². The van der Waals surface area contributed by atoms with E-state index < -0.39 is 11.6 Å². The molecular formula is C12H14F2N2O. The first kappa shape index (κ1) is 11.8. The Morgan fingerprint density at radius 2 is 1.88 bits per heavy atom. The molecule has 17 heavy (non-hydrogen) atoms. The number of anilines is 1. The van der Waals surface area contributed by atoms with Crippen LogP contribution < -0.4 is 5.32 Å². The van der Waals surface area contributed by atoms with Gasteiger partial charge in [0.05, 0.1) is 5.69 Å². The lowest BCUT2D eigenvalue weighted by molar-refractivity contribution is 0.222. The number of halogens is 2. The molecule has 0 bridgehead atoms. The minimum absolute atomic E-state index is 0.106. The average molecular weight is 240 g/mol. The normalized spacial score (nSPS) is 15.1. The monoisotopic (exact) mass is 240 g/mol. The number of hydrogen-bond acceptors (Lipinski definition) is 1. The fourth-order valence-electron chi connectivity index (χ4n) is 1.86. The summed E-state index contributed by atoms with van der Waals surface area (Å²) in [5, 5.41) is 2.39. The number of carbonyl (C=O) groups excluding carboxylic acids is 1. The van der Waals surface area contributed by atoms with Gasteiger partial charge in [-0.1, -0.05) is 0 Å². The number of amides is 2. The van der Waals surface area contributed by atoms with Crippen LogP contribution in [-0.4, -0.2) is 24.0 Å². The quantitative estimate of drug-likeness (QED) is 0.804. The zero-order valence-electron chi connectivity index (χ0n) is 9.59. The minimum Gasteiger partial charge on any atom is -0.325 e. The summed E-state index contributed by atoms with van der Waals surface area (Å²) < 4.78 is 26.7. The van der Waals surface area contributed by atoms with Crippen molar-refractivity contribution < 1.29 is 13.6 Å². The second kappa shape index (κ2) is 4.69. The number of rotatable bonds is 1. The number of benzene rings is 1. The SMILES string of the molecule is Cc1cc(F)c(NC(=O)N2CCCC2)cc1F. The van der Waals surface area contributed by atoms with E-state index in [2.05, 4.69) is 5.32 Å². The Morgan fingerprint density at radius 3 is 2.53 bits per heavy atom. The molecule has 1 aliphatic rings. The second-order valence-corrected chi connectivity index (χ2v) is 4.21. The van der Waals surface area contributed by atoms with Gasteiger partial charge in [0.2, 0.25) is 0 Å². The van der Waals surface area contributed by atoms with E-state index in [-0.39, 0.29) is 17.3 Å². The van der Waals surface area contributed by atoms with Crippen LogP contribution in [0, 0.1) is 18.6 Å². The molecule has 0 unspecified atom stereocenters. The van der Waals surface area contributed by atoms with E-state index >= 15 is 0 Å². The van der Waals surface area contributed by atoms with Gasteiger partial charge in [0.1, 0.15) is 11.6 Å². The fraction of sp³-hybridized carbons (Fsp3) is 0.417. The molecule has 1 N–H and O–H groups in total. The highest BCUT2D eigenvalue weighted by atomic mass is 19.1. The van der Waals surface area contributed by atoms with E-state index in [1.54, 1.807) is 4.90 Å². The van der Waals surface area contributed by atoms with Crippen LogP contribution in [0.2, 0.25) is 0 Å². The summed E-state index contributed by atoms with van der Waals surface area (Å²) in [4.78, 5) is 13.3. The van der Waals surface area contributed by atoms with Crippen LogP contribution in [-0.2, 0) is 0 Å². The molecule has 1 heterocycles. The molecule has 1 saturated heterocycles. The van der Waals surface area contributed by atoms with Crippen molar-refractivity contribution in [1.29, 1.82) is 0 Å². The Hall–Kier alpha value is -1.65. The Bertz CT molecular complexity index is 442. The van der Waals surface area contributed by atoms with Gasteiger partial charge in [-0.05, 0) is 31.4 Å². The highest BCUT2D eigenvalue weighted by Gasteiger charge is 2.19. The largest absolute Gasteiger partial charge is 0.325 e. The summed E-state index contributed by atoms with van der Waals surface area (Å²) in [6, 6.07) is 1.72. The highest BCUT2D eigenvalue weighted by molar-refractivity contribution is 5.89. The van der Waals surface area contributed by atoms with Crippen LogP contribution >= 0.6 is 0 Å². The molecule has 3 nitrogen and oxygen atoms in total. The van der Waals surface area contributed by atoms with Gasteiger partial charge >= 0.3 is 6.03 Å². The maximum Gasteiger partial charge on any atom is 0.321 e. The fourth-order valence-corrected chi connectivity index (χ4v) is 1.86. The first-order valence-corrected chi connectivity index (χ1v) is 5.59. The number of hydrogen-bond donors (Lipinski definition) is 1. The van der Waals surface area contributed by atoms with Crippen molar-refractivity contribution in [2.24, 2.45) is 0 Å². The molecule has 1 aliphatic heterocycles. The first-order chi connectivity index (χ1) is 8.08. The summed E-state index contributed by atoms with van der Waals surface area (Å²) in [6.07, 6.45) is 1.91. The third-order valence-electron chi connectivity index (χ3n) is 2.88. The average Bonchev–Trinajstić information content (AvgIpc) is 2.79. The van der Waals surface area contributed by atoms with Gasteiger partial charge in [-0.3, -0.25) is 0 Å². The van der Waals surface area contributed by atoms with Crippen molar-refractivity contribution in [2.45, 2.75) is 19.8 Å². The molecule has 1 fully saturated rings. The Kier molecular flexibility index (Phi) is 3.26. The summed E-state index contributed by atoms with van der Waals surface area (Å²) in [5.74, 6) is -1.14. The van der Waals surface area contributed by atoms with Crippen LogP contribution in [0.5, 0.6) is 0 Å². The number of aryl methyl sites for hydroxylation is 1. The van der Waals surface area contributed by atoms with Gasteiger partial charge in [0.15, 0.2) is 0 Å². The van der Waals surface area contributed by atoms with E-state index in [9.17, 15) is 13.6 Å². The molecular weight excluding hydrogens is 226 g/mol. The zero-order chi connectivity index (χ0) is 12.4. The molecule has 0 radical (unpaired) electrons. The van der Waals surface area contributed by atoms with Crippen LogP contribution in [0.4, 0.5) is 19.3 Å². The third kappa shape index (κ3) is 2.54. The lowest BCUT2D eigenvalue weighted by Gasteiger charge is -2.16. The molecule has 0 aromatic heterocycles. The predicted octanol–water partition coefficient (Wildman–Crippen LogP) is 2.90. The van der Waals surface area contributed by atoms with Crippen LogP contribution in [0.3, 0.4) is 0 Å². The summed E-state index contributed by atoms with van der Waals surface area (Å²) in [6.45, 7) is 2.81. The van der Waals surface area contributed by atoms with Gasteiger partial charge < -0.3 is 10.2 Å². The molecule has 0 spiro atoms. The van der Waals surface area contributed by atoms with Crippen LogP contribution in [0.1, 0.15) is 18.4 Å². The first-order valence-electron chi connectivity index (χ1n) is 5.59. The summed E-state index contributed by atoms with van der Waals surface area (Å²) >= 11 is 0. The highest BCUT2D eigenvalue weighted by Crippen LogP contribution is 2.20. The van der Waals surface area contributed by atoms with Crippen molar-refractivity contribution >= 4 is 11.7 Å². The molecule has 1 aromatic rings. The second-order valence-electron chi connectivity index (χ2n) is 4.21. The van der Waals surface area contributed by atoms with Crippen molar-refractivity contribution in [3.63, 3.8) is 0 Å². The molecule has 92 valence electrons. The van der Waals surface area contributed by atoms with Crippen molar-refractivity contribution in [1.82, 2.24) is 4.90 Å². The standard InChI is InChI=1S/C12H14F2N2O/c1-8-6-10(14)11(7-9(8)13)15-12(17)16-4-2-3-5-16/h6-7H,2-5H2,1H3,(H,15,17). The van der Waals surface area contributed by atoms with Gasteiger partial charge in [0.25, 0.3) is 0 Å².